The molecule has 0 saturated heterocycles. The molecule has 0 aromatic carbocycles. The molecule has 0 amide bonds. The summed E-state index contributed by atoms with van der Waals surface area (Å²) in [7, 11) is 0. The zero-order valence-electron chi connectivity index (χ0n) is 9.25. The van der Waals surface area contributed by atoms with Gasteiger partial charge in [0.2, 0.25) is 0 Å². The molecule has 0 aromatic heterocycles. The molecule has 134 valence electrons. The van der Waals surface area contributed by atoms with Crippen LogP contribution in [0.1, 0.15) is 0 Å². The molecule has 0 rings (SSSR count). The van der Waals surface area contributed by atoms with Crippen LogP contribution in [0.15, 0.2) is 0 Å². The van der Waals surface area contributed by atoms with Gasteiger partial charge in [-0.2, -0.15) is 57.1 Å². The maximum absolute atomic E-state index is 12.9. The van der Waals surface area contributed by atoms with Gasteiger partial charge in [-0.3, -0.25) is 0 Å². The van der Waals surface area contributed by atoms with Crippen LogP contribution in [0.4, 0.5) is 65.9 Å². The highest BCUT2D eigenvalue weighted by molar-refractivity contribution is 5.13. The van der Waals surface area contributed by atoms with E-state index in [0.717, 1.165) is 0 Å². The predicted octanol–water partition coefficient (Wildman–Crippen LogP) is 5.20. The largest absolute Gasteiger partial charge is 0.418 e. The Labute approximate surface area is 109 Å². The molecule has 15 heteroatoms. The van der Waals surface area contributed by atoms with Crippen LogP contribution >= 0.6 is 0 Å². The number of rotatable bonds is 3. The molecule has 0 unspecified atom stereocenters. The lowest BCUT2D eigenvalue weighted by Crippen LogP contribution is -2.74. The average molecular weight is 370 g/mol. The van der Waals surface area contributed by atoms with Crippen LogP contribution in [0.25, 0.3) is 0 Å². The molecule has 0 aromatic rings. The van der Waals surface area contributed by atoms with Crippen molar-refractivity contribution in [2.75, 3.05) is 0 Å². The summed E-state index contributed by atoms with van der Waals surface area (Å²) in [6, 6.07) is 0. The molecule has 0 nitrogen and oxygen atoms in total. The SMILES string of the molecule is FC(F)C(F)(F)C(F)(F)C(C(F)(F)F)(C(F)(F)F)C(F)(F)F. The van der Waals surface area contributed by atoms with Crippen LogP contribution in [0.5, 0.6) is 0 Å². The minimum Gasteiger partial charge on any atom is -0.203 e. The number of hydrogen-bond donors (Lipinski definition) is 0. The van der Waals surface area contributed by atoms with Gasteiger partial charge in [-0.1, -0.05) is 0 Å². The van der Waals surface area contributed by atoms with E-state index in [0.29, 0.717) is 0 Å². The van der Waals surface area contributed by atoms with Crippen LogP contribution in [-0.2, 0) is 0 Å². The standard InChI is InChI=1S/C7HF15/c8-1(9)2(10,11)4(12,13)3(5(14,15)16,6(17,18)19)7(20,21)22/h1H. The summed E-state index contributed by atoms with van der Waals surface area (Å²) in [6.45, 7) is 0. The van der Waals surface area contributed by atoms with Gasteiger partial charge < -0.3 is 0 Å². The smallest absolute Gasteiger partial charge is 0.203 e. The Morgan fingerprint density at radius 2 is 0.682 bits per heavy atom. The Morgan fingerprint density at radius 1 is 0.455 bits per heavy atom. The Morgan fingerprint density at radius 3 is 0.818 bits per heavy atom. The third-order valence-electron chi connectivity index (χ3n) is 2.44. The molecule has 0 fully saturated rings. The van der Waals surface area contributed by atoms with Crippen molar-refractivity contribution < 1.29 is 65.9 Å². The lowest BCUT2D eigenvalue weighted by atomic mass is 9.75. The summed E-state index contributed by atoms with van der Waals surface area (Å²) in [4.78, 5) is 0. The zero-order chi connectivity index (χ0) is 18.6. The molecular weight excluding hydrogens is 369 g/mol. The van der Waals surface area contributed by atoms with Crippen LogP contribution < -0.4 is 0 Å². The highest BCUT2D eigenvalue weighted by atomic mass is 19.4. The van der Waals surface area contributed by atoms with Crippen molar-refractivity contribution in [2.45, 2.75) is 36.8 Å². The molecule has 0 bridgehead atoms. The van der Waals surface area contributed by atoms with E-state index in [9.17, 15) is 65.9 Å². The normalized spacial score (nSPS) is 16.4. The summed E-state index contributed by atoms with van der Waals surface area (Å²) < 4.78 is 183. The van der Waals surface area contributed by atoms with Crippen LogP contribution in [0.3, 0.4) is 0 Å². The molecule has 0 radical (unpaired) electrons. The molecule has 0 N–H and O–H groups in total. The van der Waals surface area contributed by atoms with Crippen LogP contribution in [0.2, 0.25) is 0 Å². The average Bonchev–Trinajstić information content (AvgIpc) is 2.08. The van der Waals surface area contributed by atoms with E-state index in [4.69, 9.17) is 0 Å². The van der Waals surface area contributed by atoms with Gasteiger partial charge in [0.1, 0.15) is 0 Å². The van der Waals surface area contributed by atoms with Crippen molar-refractivity contribution >= 4 is 0 Å². The fraction of sp³-hybridized carbons (Fsp3) is 1.00. The lowest BCUT2D eigenvalue weighted by molar-refractivity contribution is -0.501. The molecule has 0 spiro atoms. The third-order valence-corrected chi connectivity index (χ3v) is 2.44. The van der Waals surface area contributed by atoms with E-state index < -0.39 is 42.2 Å². The monoisotopic (exact) mass is 370 g/mol. The van der Waals surface area contributed by atoms with Crippen molar-refractivity contribution in [1.29, 1.82) is 0 Å². The molecule has 0 aliphatic carbocycles. The number of alkyl halides is 15. The summed E-state index contributed by atoms with van der Waals surface area (Å²) in [5.41, 5.74) is -8.39. The second kappa shape index (κ2) is 4.97. The molecule has 0 saturated carbocycles. The molecule has 0 aliphatic rings. The quantitative estimate of drug-likeness (QED) is 0.600. The zero-order valence-corrected chi connectivity index (χ0v) is 9.25. The topological polar surface area (TPSA) is 0 Å². The van der Waals surface area contributed by atoms with E-state index in [-0.39, 0.29) is 0 Å². The first-order valence-corrected chi connectivity index (χ1v) is 4.43. The fourth-order valence-corrected chi connectivity index (χ4v) is 1.40. The molecule has 22 heavy (non-hydrogen) atoms. The first kappa shape index (κ1) is 20.9. The Bertz CT molecular complexity index is 356. The van der Waals surface area contributed by atoms with Crippen molar-refractivity contribution in [3.8, 4) is 0 Å². The second-order valence-electron chi connectivity index (χ2n) is 3.74. The number of hydrogen-bond acceptors (Lipinski definition) is 0. The maximum Gasteiger partial charge on any atom is 0.418 e. The van der Waals surface area contributed by atoms with Gasteiger partial charge in [-0.05, 0) is 0 Å². The maximum atomic E-state index is 12.9. The minimum atomic E-state index is -8.39. The Kier molecular flexibility index (Phi) is 4.74. The van der Waals surface area contributed by atoms with Crippen molar-refractivity contribution in [3.05, 3.63) is 0 Å². The van der Waals surface area contributed by atoms with Gasteiger partial charge in [0.05, 0.1) is 0 Å². The van der Waals surface area contributed by atoms with E-state index in [1.165, 1.54) is 0 Å². The van der Waals surface area contributed by atoms with Crippen molar-refractivity contribution in [2.24, 2.45) is 5.41 Å². The third kappa shape index (κ3) is 2.45. The summed E-state index contributed by atoms with van der Waals surface area (Å²) >= 11 is 0. The van der Waals surface area contributed by atoms with Gasteiger partial charge in [0, 0.05) is 0 Å². The van der Waals surface area contributed by atoms with Crippen molar-refractivity contribution in [1.82, 2.24) is 0 Å². The van der Waals surface area contributed by atoms with Crippen LogP contribution in [0, 0.1) is 5.41 Å². The van der Waals surface area contributed by atoms with E-state index in [1.807, 2.05) is 0 Å². The summed E-state index contributed by atoms with van der Waals surface area (Å²) in [5.74, 6) is -15.9. The van der Waals surface area contributed by atoms with E-state index in [2.05, 4.69) is 0 Å². The molecule has 0 heterocycles. The minimum absolute atomic E-state index is 5.94. The molecular formula is C7HF15. The van der Waals surface area contributed by atoms with Gasteiger partial charge in [-0.15, -0.1) is 0 Å². The van der Waals surface area contributed by atoms with E-state index in [1.54, 1.807) is 0 Å². The lowest BCUT2D eigenvalue weighted by Gasteiger charge is -2.45. The molecule has 0 aliphatic heterocycles. The van der Waals surface area contributed by atoms with Gasteiger partial charge >= 0.3 is 42.2 Å². The van der Waals surface area contributed by atoms with Gasteiger partial charge in [0.25, 0.3) is 0 Å². The Balaban J connectivity index is 6.98. The second-order valence-corrected chi connectivity index (χ2v) is 3.74. The predicted molar refractivity (Wildman–Crippen MR) is 36.5 cm³/mol. The van der Waals surface area contributed by atoms with Crippen molar-refractivity contribution in [3.63, 3.8) is 0 Å². The first-order valence-electron chi connectivity index (χ1n) is 4.43. The Hall–Kier alpha value is -1.05. The van der Waals surface area contributed by atoms with Crippen LogP contribution in [-0.4, -0.2) is 36.8 Å². The van der Waals surface area contributed by atoms with Gasteiger partial charge in [0.15, 0.2) is 0 Å². The summed E-state index contributed by atoms with van der Waals surface area (Å²) in [6.07, 6.45) is -30.3. The highest BCUT2D eigenvalue weighted by Gasteiger charge is 2.98. The fourth-order valence-electron chi connectivity index (χ4n) is 1.40. The van der Waals surface area contributed by atoms with E-state index >= 15 is 0 Å². The number of halogens is 15. The summed E-state index contributed by atoms with van der Waals surface area (Å²) in [5, 5.41) is 0. The molecule has 0 atom stereocenters. The highest BCUT2D eigenvalue weighted by Crippen LogP contribution is 2.69. The van der Waals surface area contributed by atoms with Gasteiger partial charge in [-0.25, -0.2) is 8.78 Å². The first-order chi connectivity index (χ1) is 9.19.